The first-order valence-electron chi connectivity index (χ1n) is 7.39. The second-order valence-corrected chi connectivity index (χ2v) is 5.22. The molecule has 0 amide bonds. The number of alkyl halides is 3. The summed E-state index contributed by atoms with van der Waals surface area (Å²) in [7, 11) is 0. The number of ether oxygens (including phenoxy) is 2. The van der Waals surface area contributed by atoms with Crippen LogP contribution < -0.4 is 4.74 Å². The van der Waals surface area contributed by atoms with Crippen LogP contribution in [0.4, 0.5) is 13.2 Å². The van der Waals surface area contributed by atoms with Crippen molar-refractivity contribution in [2.45, 2.75) is 32.6 Å². The van der Waals surface area contributed by atoms with E-state index in [9.17, 15) is 18.0 Å². The summed E-state index contributed by atoms with van der Waals surface area (Å²) in [5, 5.41) is 7.98. The highest BCUT2D eigenvalue weighted by molar-refractivity contribution is 5.98. The molecule has 2 aromatic rings. The molecule has 0 N–H and O–H groups in total. The molecule has 0 bridgehead atoms. The number of aryl methyl sites for hydroxylation is 1. The molecule has 24 heavy (non-hydrogen) atoms. The lowest BCUT2D eigenvalue weighted by atomic mass is 10.1. The molecule has 0 spiro atoms. The lowest BCUT2D eigenvalue weighted by Gasteiger charge is -2.15. The molecule has 0 aromatic carbocycles. The first kappa shape index (κ1) is 16.3. The van der Waals surface area contributed by atoms with Gasteiger partial charge in [-0.2, -0.15) is 23.4 Å². The molecule has 0 saturated carbocycles. The van der Waals surface area contributed by atoms with E-state index in [0.29, 0.717) is 18.7 Å². The molecule has 0 unspecified atom stereocenters. The summed E-state index contributed by atoms with van der Waals surface area (Å²) in [6.07, 6.45) is -1.22. The Morgan fingerprint density at radius 2 is 2.25 bits per heavy atom. The van der Waals surface area contributed by atoms with Crippen LogP contribution in [-0.4, -0.2) is 44.9 Å². The Morgan fingerprint density at radius 3 is 2.96 bits per heavy atom. The number of carbonyl (C=O) groups is 1. The summed E-state index contributed by atoms with van der Waals surface area (Å²) in [5.41, 5.74) is 0.620. The average Bonchev–Trinajstić information content (AvgIpc) is 3.09. The molecule has 1 aliphatic rings. The molecule has 130 valence electrons. The number of aromatic nitrogens is 4. The van der Waals surface area contributed by atoms with Gasteiger partial charge in [0.2, 0.25) is 5.88 Å². The minimum absolute atomic E-state index is 0.114. The third-order valence-electron chi connectivity index (χ3n) is 3.39. The van der Waals surface area contributed by atoms with Gasteiger partial charge in [0.1, 0.15) is 17.8 Å². The van der Waals surface area contributed by atoms with Crippen LogP contribution in [0.15, 0.2) is 12.4 Å². The normalized spacial score (nSPS) is 14.2. The van der Waals surface area contributed by atoms with E-state index in [1.807, 2.05) is 0 Å². The number of rotatable bonds is 4. The van der Waals surface area contributed by atoms with Crippen LogP contribution >= 0.6 is 0 Å². The van der Waals surface area contributed by atoms with Crippen LogP contribution in [0.1, 0.15) is 23.7 Å². The van der Waals surface area contributed by atoms with Crippen molar-refractivity contribution in [3.8, 4) is 17.1 Å². The van der Waals surface area contributed by atoms with Gasteiger partial charge in [-0.3, -0.25) is 4.68 Å². The van der Waals surface area contributed by atoms with Gasteiger partial charge in [-0.25, -0.2) is 9.48 Å². The van der Waals surface area contributed by atoms with E-state index in [2.05, 4.69) is 10.2 Å². The van der Waals surface area contributed by atoms with Gasteiger partial charge in [-0.15, -0.1) is 0 Å². The summed E-state index contributed by atoms with van der Waals surface area (Å²) in [5.74, 6) is -0.350. The minimum atomic E-state index is -4.39. The molecule has 0 atom stereocenters. The summed E-state index contributed by atoms with van der Waals surface area (Å²) >= 11 is 0. The second kappa shape index (κ2) is 6.17. The monoisotopic (exact) mass is 344 g/mol. The maximum absolute atomic E-state index is 12.5. The van der Waals surface area contributed by atoms with Crippen molar-refractivity contribution in [1.82, 2.24) is 19.6 Å². The zero-order chi connectivity index (χ0) is 17.3. The minimum Gasteiger partial charge on any atom is -0.477 e. The summed E-state index contributed by atoms with van der Waals surface area (Å²) in [6, 6.07) is 0. The standard InChI is InChI=1S/C14H15F3N4O3/c1-2-23-13(22)10-11(19-21-4-3-5-24-12(10)21)9-6-18-20(7-9)8-14(15,16)17/h6-7H,2-5,8H2,1H3. The second-order valence-electron chi connectivity index (χ2n) is 5.22. The Bertz CT molecular complexity index is 751. The largest absolute Gasteiger partial charge is 0.477 e. The molecule has 10 heteroatoms. The van der Waals surface area contributed by atoms with Gasteiger partial charge in [-0.1, -0.05) is 0 Å². The zero-order valence-electron chi connectivity index (χ0n) is 12.8. The van der Waals surface area contributed by atoms with Crippen LogP contribution in [-0.2, 0) is 17.8 Å². The van der Waals surface area contributed by atoms with Crippen LogP contribution in [0.3, 0.4) is 0 Å². The highest BCUT2D eigenvalue weighted by Crippen LogP contribution is 2.33. The third kappa shape index (κ3) is 3.22. The Kier molecular flexibility index (Phi) is 4.20. The van der Waals surface area contributed by atoms with E-state index in [1.54, 1.807) is 6.92 Å². The molecule has 7 nitrogen and oxygen atoms in total. The number of carbonyl (C=O) groups excluding carboxylic acids is 1. The lowest BCUT2D eigenvalue weighted by Crippen LogP contribution is -2.17. The van der Waals surface area contributed by atoms with Gasteiger partial charge in [-0.05, 0) is 6.92 Å². The maximum Gasteiger partial charge on any atom is 0.408 e. The van der Waals surface area contributed by atoms with Gasteiger partial charge in [0.25, 0.3) is 0 Å². The predicted octanol–water partition coefficient (Wildman–Crippen LogP) is 2.27. The SMILES string of the molecule is CCOC(=O)c1c(-c2cnn(CC(F)(F)F)c2)nn2c1OCCC2. The maximum atomic E-state index is 12.5. The first-order valence-corrected chi connectivity index (χ1v) is 7.39. The molecule has 0 aliphatic carbocycles. The van der Waals surface area contributed by atoms with Crippen LogP contribution in [0, 0.1) is 0 Å². The third-order valence-corrected chi connectivity index (χ3v) is 3.39. The summed E-state index contributed by atoms with van der Waals surface area (Å²) in [4.78, 5) is 12.2. The Balaban J connectivity index is 2.01. The van der Waals surface area contributed by atoms with Crippen molar-refractivity contribution in [3.63, 3.8) is 0 Å². The number of hydrogen-bond acceptors (Lipinski definition) is 5. The van der Waals surface area contributed by atoms with Crippen molar-refractivity contribution >= 4 is 5.97 Å². The highest BCUT2D eigenvalue weighted by atomic mass is 19.4. The molecule has 2 aromatic heterocycles. The topological polar surface area (TPSA) is 71.2 Å². The van der Waals surface area contributed by atoms with Gasteiger partial charge in [0.15, 0.2) is 0 Å². The Labute approximate surface area is 135 Å². The quantitative estimate of drug-likeness (QED) is 0.796. The van der Waals surface area contributed by atoms with Crippen LogP contribution in [0.2, 0.25) is 0 Å². The summed E-state index contributed by atoms with van der Waals surface area (Å²) < 4.78 is 50.2. The molecule has 3 heterocycles. The fourth-order valence-corrected chi connectivity index (χ4v) is 2.47. The molecule has 1 aliphatic heterocycles. The van der Waals surface area contributed by atoms with Crippen molar-refractivity contribution in [2.75, 3.05) is 13.2 Å². The van der Waals surface area contributed by atoms with E-state index < -0.39 is 18.7 Å². The highest BCUT2D eigenvalue weighted by Gasteiger charge is 2.31. The Hall–Kier alpha value is -2.52. The van der Waals surface area contributed by atoms with Gasteiger partial charge in [0, 0.05) is 24.7 Å². The van der Waals surface area contributed by atoms with Gasteiger partial charge in [0.05, 0.1) is 19.4 Å². The van der Waals surface area contributed by atoms with E-state index in [-0.39, 0.29) is 23.7 Å². The molecule has 0 radical (unpaired) electrons. The number of fused-ring (bicyclic) bond motifs is 1. The smallest absolute Gasteiger partial charge is 0.408 e. The molecule has 3 rings (SSSR count). The molecule has 0 fully saturated rings. The Morgan fingerprint density at radius 1 is 1.46 bits per heavy atom. The fraction of sp³-hybridized carbons (Fsp3) is 0.500. The molecular weight excluding hydrogens is 329 g/mol. The van der Waals surface area contributed by atoms with Gasteiger partial charge >= 0.3 is 12.1 Å². The molecular formula is C14H15F3N4O3. The van der Waals surface area contributed by atoms with Crippen LogP contribution in [0.25, 0.3) is 11.3 Å². The number of halogens is 3. The van der Waals surface area contributed by atoms with Gasteiger partial charge < -0.3 is 9.47 Å². The summed E-state index contributed by atoms with van der Waals surface area (Å²) in [6.45, 7) is 1.60. The number of hydrogen-bond donors (Lipinski definition) is 0. The number of esters is 1. The van der Waals surface area contributed by atoms with Crippen molar-refractivity contribution in [3.05, 3.63) is 18.0 Å². The zero-order valence-corrected chi connectivity index (χ0v) is 12.8. The van der Waals surface area contributed by atoms with Crippen molar-refractivity contribution in [2.24, 2.45) is 0 Å². The van der Waals surface area contributed by atoms with E-state index in [1.165, 1.54) is 17.1 Å². The predicted molar refractivity (Wildman–Crippen MR) is 75.6 cm³/mol. The average molecular weight is 344 g/mol. The van der Waals surface area contributed by atoms with E-state index in [0.717, 1.165) is 11.1 Å². The van der Waals surface area contributed by atoms with E-state index in [4.69, 9.17) is 9.47 Å². The fourth-order valence-electron chi connectivity index (χ4n) is 2.47. The first-order chi connectivity index (χ1) is 11.4. The van der Waals surface area contributed by atoms with Crippen molar-refractivity contribution in [1.29, 1.82) is 0 Å². The molecule has 0 saturated heterocycles. The number of nitrogens with zero attached hydrogens (tertiary/aromatic N) is 4. The van der Waals surface area contributed by atoms with Crippen molar-refractivity contribution < 1.29 is 27.4 Å². The van der Waals surface area contributed by atoms with Crippen LogP contribution in [0.5, 0.6) is 5.88 Å². The van der Waals surface area contributed by atoms with E-state index >= 15 is 0 Å². The lowest BCUT2D eigenvalue weighted by molar-refractivity contribution is -0.142.